The fourth-order valence-corrected chi connectivity index (χ4v) is 1.16. The molecule has 2 aromatic rings. The summed E-state index contributed by atoms with van der Waals surface area (Å²) in [5.41, 5.74) is 1.07. The van der Waals surface area contributed by atoms with Gasteiger partial charge in [0, 0.05) is 30.4 Å². The summed E-state index contributed by atoms with van der Waals surface area (Å²) in [4.78, 5) is 7.73. The standard InChI is InChI=1S/C7H9NO.C6H7NO/c1-6-5-8-4-3-7(6)9-2;1-8-6-2-4-7-5-3-6/h3-5H,1-2H3;2-5H,1H3. The lowest BCUT2D eigenvalue weighted by atomic mass is 10.3. The van der Waals surface area contributed by atoms with Gasteiger partial charge in [-0.2, -0.15) is 0 Å². The van der Waals surface area contributed by atoms with Crippen molar-refractivity contribution in [2.45, 2.75) is 6.92 Å². The maximum atomic E-state index is 5.00. The van der Waals surface area contributed by atoms with Gasteiger partial charge in [0.1, 0.15) is 11.5 Å². The maximum Gasteiger partial charge on any atom is 0.124 e. The highest BCUT2D eigenvalue weighted by molar-refractivity contribution is 5.27. The Kier molecular flexibility index (Phi) is 5.51. The molecule has 0 saturated heterocycles. The van der Waals surface area contributed by atoms with Crippen molar-refractivity contribution < 1.29 is 9.47 Å². The van der Waals surface area contributed by atoms with Crippen molar-refractivity contribution in [1.82, 2.24) is 9.97 Å². The number of aryl methyl sites for hydroxylation is 1. The first kappa shape index (κ1) is 13.0. The second kappa shape index (κ2) is 7.22. The molecule has 4 nitrogen and oxygen atoms in total. The van der Waals surface area contributed by atoms with Crippen LogP contribution in [0.25, 0.3) is 0 Å². The van der Waals surface area contributed by atoms with E-state index in [1.165, 1.54) is 0 Å². The number of rotatable bonds is 2. The highest BCUT2D eigenvalue weighted by Gasteiger charge is 1.92. The normalized spacial score (nSPS) is 8.88. The van der Waals surface area contributed by atoms with Crippen LogP contribution in [0.4, 0.5) is 0 Å². The minimum atomic E-state index is 0.847. The zero-order valence-electron chi connectivity index (χ0n) is 10.3. The van der Waals surface area contributed by atoms with Crippen molar-refractivity contribution >= 4 is 0 Å². The third kappa shape index (κ3) is 4.51. The van der Waals surface area contributed by atoms with E-state index in [-0.39, 0.29) is 0 Å². The van der Waals surface area contributed by atoms with Crippen LogP contribution in [0.15, 0.2) is 43.0 Å². The van der Waals surface area contributed by atoms with Crippen molar-refractivity contribution in [1.29, 1.82) is 0 Å². The van der Waals surface area contributed by atoms with E-state index in [0.717, 1.165) is 17.1 Å². The van der Waals surface area contributed by atoms with E-state index in [2.05, 4.69) is 9.97 Å². The molecule has 17 heavy (non-hydrogen) atoms. The lowest BCUT2D eigenvalue weighted by molar-refractivity contribution is 0.411. The van der Waals surface area contributed by atoms with Gasteiger partial charge in [0.05, 0.1) is 14.2 Å². The summed E-state index contributed by atoms with van der Waals surface area (Å²) < 4.78 is 9.88. The summed E-state index contributed by atoms with van der Waals surface area (Å²) in [5.74, 6) is 1.74. The lowest BCUT2D eigenvalue weighted by Gasteiger charge is -2.00. The molecule has 2 rings (SSSR count). The van der Waals surface area contributed by atoms with Gasteiger partial charge in [-0.25, -0.2) is 0 Å². The lowest BCUT2D eigenvalue weighted by Crippen LogP contribution is -1.86. The van der Waals surface area contributed by atoms with Gasteiger partial charge < -0.3 is 9.47 Å². The SMILES string of the molecule is COc1ccncc1.COc1ccncc1C. The molecule has 4 heteroatoms. The molecular formula is C13H16N2O2. The van der Waals surface area contributed by atoms with E-state index in [0.29, 0.717) is 0 Å². The molecule has 0 saturated carbocycles. The molecule has 0 aliphatic heterocycles. The van der Waals surface area contributed by atoms with Gasteiger partial charge in [-0.15, -0.1) is 0 Å². The molecular weight excluding hydrogens is 216 g/mol. The summed E-state index contributed by atoms with van der Waals surface area (Å²) in [6.45, 7) is 1.96. The van der Waals surface area contributed by atoms with Crippen LogP contribution >= 0.6 is 0 Å². The van der Waals surface area contributed by atoms with Crippen molar-refractivity contribution in [2.75, 3.05) is 14.2 Å². The maximum absolute atomic E-state index is 5.00. The molecule has 0 N–H and O–H groups in total. The van der Waals surface area contributed by atoms with Gasteiger partial charge in [-0.05, 0) is 25.1 Å². The molecule has 2 aromatic heterocycles. The molecule has 0 aromatic carbocycles. The number of nitrogens with zero attached hydrogens (tertiary/aromatic N) is 2. The first-order valence-electron chi connectivity index (χ1n) is 5.16. The first-order valence-corrected chi connectivity index (χ1v) is 5.16. The number of hydrogen-bond acceptors (Lipinski definition) is 4. The van der Waals surface area contributed by atoms with Gasteiger partial charge in [0.25, 0.3) is 0 Å². The van der Waals surface area contributed by atoms with Gasteiger partial charge in [0.2, 0.25) is 0 Å². The predicted octanol–water partition coefficient (Wildman–Crippen LogP) is 2.49. The molecule has 2 heterocycles. The Bertz CT molecular complexity index is 432. The van der Waals surface area contributed by atoms with Crippen LogP contribution in [0.1, 0.15) is 5.56 Å². The number of aromatic nitrogens is 2. The van der Waals surface area contributed by atoms with Crippen LogP contribution in [-0.4, -0.2) is 24.2 Å². The molecule has 0 unspecified atom stereocenters. The van der Waals surface area contributed by atoms with Crippen LogP contribution in [0.3, 0.4) is 0 Å². The Morgan fingerprint density at radius 1 is 0.882 bits per heavy atom. The number of methoxy groups -OCH3 is 2. The molecule has 0 atom stereocenters. The molecule has 0 aliphatic carbocycles. The summed E-state index contributed by atoms with van der Waals surface area (Å²) in [5, 5.41) is 0. The molecule has 0 bridgehead atoms. The molecule has 0 aliphatic rings. The highest BCUT2D eigenvalue weighted by Crippen LogP contribution is 2.12. The first-order chi connectivity index (χ1) is 8.27. The predicted molar refractivity (Wildman–Crippen MR) is 66.3 cm³/mol. The van der Waals surface area contributed by atoms with E-state index in [9.17, 15) is 0 Å². The molecule has 0 amide bonds. The Balaban J connectivity index is 0.000000171. The van der Waals surface area contributed by atoms with Crippen molar-refractivity contribution in [2.24, 2.45) is 0 Å². The largest absolute Gasteiger partial charge is 0.497 e. The molecule has 0 radical (unpaired) electrons. The number of hydrogen-bond donors (Lipinski definition) is 0. The van der Waals surface area contributed by atoms with E-state index in [1.54, 1.807) is 51.1 Å². The van der Waals surface area contributed by atoms with Crippen LogP contribution < -0.4 is 9.47 Å². The van der Waals surface area contributed by atoms with Crippen LogP contribution in [0.2, 0.25) is 0 Å². The summed E-state index contributed by atoms with van der Waals surface area (Å²) >= 11 is 0. The third-order valence-corrected chi connectivity index (χ3v) is 2.07. The van der Waals surface area contributed by atoms with Crippen molar-refractivity contribution in [3.05, 3.63) is 48.5 Å². The summed E-state index contributed by atoms with van der Waals surface area (Å²) in [7, 11) is 3.29. The quantitative estimate of drug-likeness (QED) is 0.798. The van der Waals surface area contributed by atoms with Gasteiger partial charge in [0.15, 0.2) is 0 Å². The van der Waals surface area contributed by atoms with Crippen LogP contribution in [-0.2, 0) is 0 Å². The average molecular weight is 232 g/mol. The monoisotopic (exact) mass is 232 g/mol. The fraction of sp³-hybridized carbons (Fsp3) is 0.231. The number of ether oxygens (including phenoxy) is 2. The minimum Gasteiger partial charge on any atom is -0.497 e. The number of pyridine rings is 2. The Hall–Kier alpha value is -2.10. The fourth-order valence-electron chi connectivity index (χ4n) is 1.16. The van der Waals surface area contributed by atoms with E-state index in [4.69, 9.17) is 9.47 Å². The highest BCUT2D eigenvalue weighted by atomic mass is 16.5. The Morgan fingerprint density at radius 3 is 1.94 bits per heavy atom. The molecule has 0 spiro atoms. The van der Waals surface area contributed by atoms with E-state index in [1.807, 2.05) is 13.0 Å². The van der Waals surface area contributed by atoms with Gasteiger partial charge in [-0.1, -0.05) is 0 Å². The van der Waals surface area contributed by atoms with Crippen LogP contribution in [0.5, 0.6) is 11.5 Å². The topological polar surface area (TPSA) is 44.2 Å². The van der Waals surface area contributed by atoms with Gasteiger partial charge in [-0.3, -0.25) is 9.97 Å². The second-order valence-electron chi connectivity index (χ2n) is 3.23. The Labute approximate surface area is 101 Å². The Morgan fingerprint density at radius 2 is 1.53 bits per heavy atom. The average Bonchev–Trinajstić information content (AvgIpc) is 2.41. The molecule has 0 fully saturated rings. The zero-order valence-corrected chi connectivity index (χ0v) is 10.3. The third-order valence-electron chi connectivity index (χ3n) is 2.07. The molecule has 90 valence electrons. The van der Waals surface area contributed by atoms with Crippen molar-refractivity contribution in [3.63, 3.8) is 0 Å². The van der Waals surface area contributed by atoms with Gasteiger partial charge >= 0.3 is 0 Å². The van der Waals surface area contributed by atoms with Crippen molar-refractivity contribution in [3.8, 4) is 11.5 Å². The van der Waals surface area contributed by atoms with E-state index >= 15 is 0 Å². The summed E-state index contributed by atoms with van der Waals surface area (Å²) in [6, 6.07) is 5.45. The van der Waals surface area contributed by atoms with E-state index < -0.39 is 0 Å². The minimum absolute atomic E-state index is 0.847. The summed E-state index contributed by atoms with van der Waals surface area (Å²) in [6.07, 6.45) is 6.88. The smallest absolute Gasteiger partial charge is 0.124 e. The zero-order chi connectivity index (χ0) is 12.5. The second-order valence-corrected chi connectivity index (χ2v) is 3.23. The van der Waals surface area contributed by atoms with Crippen LogP contribution in [0, 0.1) is 6.92 Å².